The van der Waals surface area contributed by atoms with Crippen molar-refractivity contribution >= 4 is 0 Å². The molecule has 0 heterocycles. The third-order valence-corrected chi connectivity index (χ3v) is 3.85. The molecule has 1 atom stereocenters. The summed E-state index contributed by atoms with van der Waals surface area (Å²) in [4.78, 5) is 0. The van der Waals surface area contributed by atoms with Gasteiger partial charge in [0.1, 0.15) is 0 Å². The number of hydrogen-bond donors (Lipinski definition) is 1. The normalized spacial score (nSPS) is 13.2. The molecule has 0 aliphatic rings. The number of benzene rings is 2. The van der Waals surface area contributed by atoms with Gasteiger partial charge in [-0.15, -0.1) is 0 Å². The van der Waals surface area contributed by atoms with E-state index in [1.54, 1.807) is 0 Å². The van der Waals surface area contributed by atoms with E-state index in [0.29, 0.717) is 12.8 Å². The van der Waals surface area contributed by atoms with Crippen molar-refractivity contribution in [2.24, 2.45) is 0 Å². The molecule has 1 N–H and O–H groups in total. The molecule has 0 aliphatic heterocycles. The van der Waals surface area contributed by atoms with Crippen molar-refractivity contribution in [2.45, 2.75) is 52.1 Å². The van der Waals surface area contributed by atoms with Crippen molar-refractivity contribution < 1.29 is 5.11 Å². The van der Waals surface area contributed by atoms with E-state index in [1.165, 1.54) is 22.3 Å². The molecular formula is C20H26O. The smallest absolute Gasteiger partial charge is 0.0620 e. The van der Waals surface area contributed by atoms with Gasteiger partial charge in [0.15, 0.2) is 0 Å². The fraction of sp³-hybridized carbons (Fsp3) is 0.400. The third-order valence-electron chi connectivity index (χ3n) is 3.85. The monoisotopic (exact) mass is 282 g/mol. The highest BCUT2D eigenvalue weighted by Gasteiger charge is 2.13. The van der Waals surface area contributed by atoms with Gasteiger partial charge in [-0.3, -0.25) is 0 Å². The highest BCUT2D eigenvalue weighted by Crippen LogP contribution is 2.22. The van der Waals surface area contributed by atoms with E-state index < -0.39 is 0 Å². The predicted octanol–water partition coefficient (Wildman–Crippen LogP) is 4.44. The van der Waals surface area contributed by atoms with Gasteiger partial charge in [0, 0.05) is 0 Å². The summed E-state index contributed by atoms with van der Waals surface area (Å²) in [6.07, 6.45) is 1.09. The van der Waals surface area contributed by atoms with Crippen LogP contribution in [-0.4, -0.2) is 11.2 Å². The molecule has 1 nitrogen and oxygen atoms in total. The predicted molar refractivity (Wildman–Crippen MR) is 89.7 cm³/mol. The Morgan fingerprint density at radius 3 is 2.10 bits per heavy atom. The van der Waals surface area contributed by atoms with Crippen LogP contribution >= 0.6 is 0 Å². The lowest BCUT2D eigenvalue weighted by atomic mass is 9.86. The quantitative estimate of drug-likeness (QED) is 0.879. The molecule has 0 saturated carbocycles. The van der Waals surface area contributed by atoms with Crippen molar-refractivity contribution in [3.05, 3.63) is 70.8 Å². The van der Waals surface area contributed by atoms with Crippen molar-refractivity contribution in [1.29, 1.82) is 0 Å². The Kier molecular flexibility index (Phi) is 4.84. The van der Waals surface area contributed by atoms with Gasteiger partial charge in [0.2, 0.25) is 0 Å². The largest absolute Gasteiger partial charge is 0.392 e. The Labute approximate surface area is 128 Å². The molecule has 1 heteroatoms. The number of aliphatic hydroxyl groups is 1. The van der Waals surface area contributed by atoms with Gasteiger partial charge in [-0.05, 0) is 41.9 Å². The molecular weight excluding hydrogens is 256 g/mol. The fourth-order valence-corrected chi connectivity index (χ4v) is 2.60. The molecule has 0 bridgehead atoms. The number of hydrogen-bond acceptors (Lipinski definition) is 1. The summed E-state index contributed by atoms with van der Waals surface area (Å²) in [5.41, 5.74) is 5.16. The lowest BCUT2D eigenvalue weighted by molar-refractivity contribution is 0.175. The highest BCUT2D eigenvalue weighted by atomic mass is 16.3. The molecule has 0 radical (unpaired) electrons. The minimum Gasteiger partial charge on any atom is -0.392 e. The molecule has 112 valence electrons. The maximum absolute atomic E-state index is 10.3. The first kappa shape index (κ1) is 15.8. The second kappa shape index (κ2) is 6.44. The van der Waals surface area contributed by atoms with Gasteiger partial charge in [-0.1, -0.05) is 74.9 Å². The first-order valence-electron chi connectivity index (χ1n) is 7.67. The summed E-state index contributed by atoms with van der Waals surface area (Å²) in [6.45, 7) is 8.73. The number of aliphatic hydroxyl groups excluding tert-OH is 1. The average molecular weight is 282 g/mol. The fourth-order valence-electron chi connectivity index (χ4n) is 2.60. The molecule has 2 aromatic carbocycles. The van der Waals surface area contributed by atoms with Gasteiger partial charge >= 0.3 is 0 Å². The van der Waals surface area contributed by atoms with Crippen LogP contribution in [0.2, 0.25) is 0 Å². The van der Waals surface area contributed by atoms with Crippen LogP contribution < -0.4 is 0 Å². The number of aryl methyl sites for hydroxylation is 1. The number of rotatable bonds is 4. The van der Waals surface area contributed by atoms with Crippen LogP contribution in [-0.2, 0) is 18.3 Å². The Bertz CT molecular complexity index is 576. The van der Waals surface area contributed by atoms with Crippen molar-refractivity contribution in [1.82, 2.24) is 0 Å². The third kappa shape index (κ3) is 4.71. The van der Waals surface area contributed by atoms with Crippen LogP contribution in [0.25, 0.3) is 0 Å². The van der Waals surface area contributed by atoms with E-state index in [9.17, 15) is 5.11 Å². The topological polar surface area (TPSA) is 20.2 Å². The van der Waals surface area contributed by atoms with Crippen LogP contribution in [0.4, 0.5) is 0 Å². The van der Waals surface area contributed by atoms with E-state index in [4.69, 9.17) is 0 Å². The molecule has 0 fully saturated rings. The zero-order chi connectivity index (χ0) is 15.5. The standard InChI is InChI=1S/C20H26O/c1-15-6-5-7-17(12-15)14-19(21)13-16-8-10-18(11-9-16)20(2,3)4/h5-12,19,21H,13-14H2,1-4H3. The maximum atomic E-state index is 10.3. The van der Waals surface area contributed by atoms with Crippen LogP contribution in [0, 0.1) is 6.92 Å². The lowest BCUT2D eigenvalue weighted by Crippen LogP contribution is -2.15. The Morgan fingerprint density at radius 1 is 0.905 bits per heavy atom. The summed E-state index contributed by atoms with van der Waals surface area (Å²) < 4.78 is 0. The summed E-state index contributed by atoms with van der Waals surface area (Å²) >= 11 is 0. The summed E-state index contributed by atoms with van der Waals surface area (Å²) in [5, 5.41) is 10.3. The molecule has 0 saturated heterocycles. The second-order valence-corrected chi connectivity index (χ2v) is 7.00. The van der Waals surface area contributed by atoms with Crippen molar-refractivity contribution in [3.63, 3.8) is 0 Å². The van der Waals surface area contributed by atoms with E-state index in [1.807, 2.05) is 0 Å². The summed E-state index contributed by atoms with van der Waals surface area (Å²) in [6, 6.07) is 17.0. The Balaban J connectivity index is 1.98. The molecule has 2 aromatic rings. The molecule has 0 aromatic heterocycles. The maximum Gasteiger partial charge on any atom is 0.0620 e. The first-order chi connectivity index (χ1) is 9.84. The van der Waals surface area contributed by atoms with Gasteiger partial charge < -0.3 is 5.11 Å². The molecule has 0 spiro atoms. The van der Waals surface area contributed by atoms with E-state index in [2.05, 4.69) is 76.2 Å². The first-order valence-corrected chi connectivity index (χ1v) is 7.67. The minimum absolute atomic E-state index is 0.179. The molecule has 21 heavy (non-hydrogen) atoms. The molecule has 0 aliphatic carbocycles. The van der Waals surface area contributed by atoms with Gasteiger partial charge in [0.05, 0.1) is 6.10 Å². The molecule has 0 amide bonds. The summed E-state index contributed by atoms with van der Waals surface area (Å²) in [7, 11) is 0. The zero-order valence-electron chi connectivity index (χ0n) is 13.6. The lowest BCUT2D eigenvalue weighted by Gasteiger charge is -2.19. The molecule has 2 rings (SSSR count). The van der Waals surface area contributed by atoms with Gasteiger partial charge in [0.25, 0.3) is 0 Å². The van der Waals surface area contributed by atoms with Crippen LogP contribution in [0.15, 0.2) is 48.5 Å². The van der Waals surface area contributed by atoms with Crippen molar-refractivity contribution in [3.8, 4) is 0 Å². The second-order valence-electron chi connectivity index (χ2n) is 7.00. The zero-order valence-corrected chi connectivity index (χ0v) is 13.6. The van der Waals surface area contributed by atoms with Gasteiger partial charge in [-0.25, -0.2) is 0 Å². The van der Waals surface area contributed by atoms with Crippen molar-refractivity contribution in [2.75, 3.05) is 0 Å². The van der Waals surface area contributed by atoms with E-state index in [0.717, 1.165) is 0 Å². The van der Waals surface area contributed by atoms with E-state index >= 15 is 0 Å². The van der Waals surface area contributed by atoms with Crippen LogP contribution in [0.1, 0.15) is 43.0 Å². The summed E-state index contributed by atoms with van der Waals surface area (Å²) in [5.74, 6) is 0. The minimum atomic E-state index is -0.327. The molecule has 1 unspecified atom stereocenters. The van der Waals surface area contributed by atoms with Crippen LogP contribution in [0.3, 0.4) is 0 Å². The Morgan fingerprint density at radius 2 is 1.52 bits per heavy atom. The highest BCUT2D eigenvalue weighted by molar-refractivity contribution is 5.28. The average Bonchev–Trinajstić information content (AvgIpc) is 2.38. The van der Waals surface area contributed by atoms with Crippen LogP contribution in [0.5, 0.6) is 0 Å². The Hall–Kier alpha value is -1.60. The van der Waals surface area contributed by atoms with E-state index in [-0.39, 0.29) is 11.5 Å². The van der Waals surface area contributed by atoms with Gasteiger partial charge in [-0.2, -0.15) is 0 Å². The SMILES string of the molecule is Cc1cccc(CC(O)Cc2ccc(C(C)(C)C)cc2)c1.